The molecule has 1 nitrogen and oxygen atoms in total. The van der Waals surface area contributed by atoms with Gasteiger partial charge in [0.1, 0.15) is 0 Å². The Balaban J connectivity index is 2.55. The molecule has 0 aromatic carbocycles. The maximum atomic E-state index is 10.1. The first-order valence-electron chi connectivity index (χ1n) is 6.21. The lowest BCUT2D eigenvalue weighted by molar-refractivity contribution is 0.254. The van der Waals surface area contributed by atoms with E-state index in [-0.39, 0.29) is 6.10 Å². The second kappa shape index (κ2) is 6.12. The number of aliphatic hydroxyl groups excluding tert-OH is 1. The molecule has 0 amide bonds. The standard InChI is InChI=1S/C14H24O/c1-4-5-6-12-9-10-13(14(12)15)8-7-11(2)3/h6,8,11,14-15H,4-5,7,9-10H2,1-3H3. The second-order valence-electron chi connectivity index (χ2n) is 4.88. The van der Waals surface area contributed by atoms with E-state index >= 15 is 0 Å². The molecule has 86 valence electrons. The highest BCUT2D eigenvalue weighted by molar-refractivity contribution is 5.30. The monoisotopic (exact) mass is 208 g/mol. The lowest BCUT2D eigenvalue weighted by Gasteiger charge is -2.07. The summed E-state index contributed by atoms with van der Waals surface area (Å²) >= 11 is 0. The van der Waals surface area contributed by atoms with Crippen molar-refractivity contribution in [2.75, 3.05) is 0 Å². The van der Waals surface area contributed by atoms with Gasteiger partial charge in [-0.2, -0.15) is 0 Å². The Morgan fingerprint density at radius 2 is 1.87 bits per heavy atom. The Morgan fingerprint density at radius 1 is 1.27 bits per heavy atom. The van der Waals surface area contributed by atoms with Crippen molar-refractivity contribution in [1.29, 1.82) is 0 Å². The third kappa shape index (κ3) is 3.83. The zero-order valence-corrected chi connectivity index (χ0v) is 10.3. The van der Waals surface area contributed by atoms with E-state index in [4.69, 9.17) is 0 Å². The van der Waals surface area contributed by atoms with E-state index < -0.39 is 0 Å². The van der Waals surface area contributed by atoms with Crippen molar-refractivity contribution in [3.05, 3.63) is 23.3 Å². The molecule has 1 rings (SSSR count). The highest BCUT2D eigenvalue weighted by atomic mass is 16.3. The third-order valence-corrected chi connectivity index (χ3v) is 2.95. The number of allylic oxidation sites excluding steroid dienone is 2. The normalized spacial score (nSPS) is 27.1. The highest BCUT2D eigenvalue weighted by Gasteiger charge is 2.22. The minimum atomic E-state index is -0.268. The smallest absolute Gasteiger partial charge is 0.0961 e. The Morgan fingerprint density at radius 3 is 2.40 bits per heavy atom. The SMILES string of the molecule is CCCC=C1CCC(=CCC(C)C)C1O. The van der Waals surface area contributed by atoms with Crippen molar-refractivity contribution < 1.29 is 5.11 Å². The van der Waals surface area contributed by atoms with E-state index in [1.54, 1.807) is 0 Å². The average Bonchev–Trinajstić information content (AvgIpc) is 2.54. The van der Waals surface area contributed by atoms with E-state index in [0.717, 1.165) is 25.7 Å². The van der Waals surface area contributed by atoms with Crippen LogP contribution in [0.4, 0.5) is 0 Å². The molecule has 0 heterocycles. The van der Waals surface area contributed by atoms with Crippen molar-refractivity contribution in [2.24, 2.45) is 5.92 Å². The van der Waals surface area contributed by atoms with Crippen LogP contribution in [0.15, 0.2) is 23.3 Å². The Hall–Kier alpha value is -0.560. The van der Waals surface area contributed by atoms with Crippen molar-refractivity contribution in [3.8, 4) is 0 Å². The number of aliphatic hydroxyl groups is 1. The van der Waals surface area contributed by atoms with Gasteiger partial charge in [0.25, 0.3) is 0 Å². The van der Waals surface area contributed by atoms with Gasteiger partial charge in [0, 0.05) is 0 Å². The van der Waals surface area contributed by atoms with Crippen molar-refractivity contribution in [2.45, 2.75) is 59.0 Å². The molecule has 1 unspecified atom stereocenters. The summed E-state index contributed by atoms with van der Waals surface area (Å²) in [5, 5.41) is 10.1. The molecule has 1 saturated carbocycles. The van der Waals surface area contributed by atoms with E-state index in [0.29, 0.717) is 5.92 Å². The Kier molecular flexibility index (Phi) is 5.10. The molecule has 0 saturated heterocycles. The average molecular weight is 208 g/mol. The molecule has 1 heteroatoms. The highest BCUT2D eigenvalue weighted by Crippen LogP contribution is 2.31. The van der Waals surface area contributed by atoms with Crippen molar-refractivity contribution in [1.82, 2.24) is 0 Å². The third-order valence-electron chi connectivity index (χ3n) is 2.95. The molecule has 1 N–H and O–H groups in total. The van der Waals surface area contributed by atoms with E-state index in [9.17, 15) is 5.11 Å². The second-order valence-corrected chi connectivity index (χ2v) is 4.88. The maximum absolute atomic E-state index is 10.1. The fourth-order valence-electron chi connectivity index (χ4n) is 1.94. The van der Waals surface area contributed by atoms with Crippen LogP contribution >= 0.6 is 0 Å². The van der Waals surface area contributed by atoms with Gasteiger partial charge in [-0.05, 0) is 42.7 Å². The lowest BCUT2D eigenvalue weighted by atomic mass is 10.0. The lowest BCUT2D eigenvalue weighted by Crippen LogP contribution is -2.05. The van der Waals surface area contributed by atoms with Gasteiger partial charge in [0.15, 0.2) is 0 Å². The van der Waals surface area contributed by atoms with Gasteiger partial charge >= 0.3 is 0 Å². The van der Waals surface area contributed by atoms with Gasteiger partial charge in [-0.3, -0.25) is 0 Å². The van der Waals surface area contributed by atoms with Crippen LogP contribution in [0.2, 0.25) is 0 Å². The molecule has 15 heavy (non-hydrogen) atoms. The first-order valence-corrected chi connectivity index (χ1v) is 6.21. The topological polar surface area (TPSA) is 20.2 Å². The van der Waals surface area contributed by atoms with Crippen LogP contribution in [0.25, 0.3) is 0 Å². The van der Waals surface area contributed by atoms with Crippen molar-refractivity contribution >= 4 is 0 Å². The molecule has 0 aromatic rings. The first kappa shape index (κ1) is 12.5. The summed E-state index contributed by atoms with van der Waals surface area (Å²) in [4.78, 5) is 0. The molecular formula is C14H24O. The molecule has 0 spiro atoms. The molecule has 1 fully saturated rings. The van der Waals surface area contributed by atoms with Gasteiger partial charge < -0.3 is 5.11 Å². The van der Waals surface area contributed by atoms with Crippen molar-refractivity contribution in [3.63, 3.8) is 0 Å². The molecular weight excluding hydrogens is 184 g/mol. The zero-order chi connectivity index (χ0) is 11.3. The van der Waals surface area contributed by atoms with Gasteiger partial charge in [-0.25, -0.2) is 0 Å². The summed E-state index contributed by atoms with van der Waals surface area (Å²) in [6.45, 7) is 6.60. The van der Waals surface area contributed by atoms with Gasteiger partial charge in [-0.15, -0.1) is 0 Å². The fourth-order valence-corrected chi connectivity index (χ4v) is 1.94. The predicted octanol–water partition coefficient (Wildman–Crippen LogP) is 3.84. The summed E-state index contributed by atoms with van der Waals surface area (Å²) in [6, 6.07) is 0. The van der Waals surface area contributed by atoms with Crippen LogP contribution in [-0.4, -0.2) is 11.2 Å². The summed E-state index contributed by atoms with van der Waals surface area (Å²) < 4.78 is 0. The fraction of sp³-hybridized carbons (Fsp3) is 0.714. The summed E-state index contributed by atoms with van der Waals surface area (Å²) in [7, 11) is 0. The van der Waals surface area contributed by atoms with Gasteiger partial charge in [-0.1, -0.05) is 39.3 Å². The molecule has 0 aliphatic heterocycles. The Labute approximate surface area is 93.9 Å². The Bertz CT molecular complexity index is 248. The number of hydrogen-bond donors (Lipinski definition) is 1. The van der Waals surface area contributed by atoms with Crippen LogP contribution in [0.5, 0.6) is 0 Å². The van der Waals surface area contributed by atoms with Gasteiger partial charge in [0.05, 0.1) is 6.10 Å². The molecule has 1 aliphatic rings. The summed E-state index contributed by atoms with van der Waals surface area (Å²) in [5.74, 6) is 0.688. The maximum Gasteiger partial charge on any atom is 0.0961 e. The minimum Gasteiger partial charge on any atom is -0.384 e. The number of rotatable bonds is 4. The van der Waals surface area contributed by atoms with Crippen LogP contribution in [0.3, 0.4) is 0 Å². The predicted molar refractivity (Wildman–Crippen MR) is 65.8 cm³/mol. The largest absolute Gasteiger partial charge is 0.384 e. The zero-order valence-electron chi connectivity index (χ0n) is 10.3. The van der Waals surface area contributed by atoms with Crippen LogP contribution in [-0.2, 0) is 0 Å². The van der Waals surface area contributed by atoms with Gasteiger partial charge in [0.2, 0.25) is 0 Å². The van der Waals surface area contributed by atoms with E-state index in [2.05, 4.69) is 32.9 Å². The van der Waals surface area contributed by atoms with E-state index in [1.807, 2.05) is 0 Å². The van der Waals surface area contributed by atoms with Crippen LogP contribution in [0.1, 0.15) is 52.9 Å². The minimum absolute atomic E-state index is 0.268. The molecule has 0 bridgehead atoms. The quantitative estimate of drug-likeness (QED) is 0.696. The molecule has 0 aromatic heterocycles. The summed E-state index contributed by atoms with van der Waals surface area (Å²) in [5.41, 5.74) is 2.48. The molecule has 1 aliphatic carbocycles. The van der Waals surface area contributed by atoms with Crippen LogP contribution in [0, 0.1) is 5.92 Å². The molecule has 1 atom stereocenters. The molecule has 0 radical (unpaired) electrons. The van der Waals surface area contributed by atoms with E-state index in [1.165, 1.54) is 17.6 Å². The number of unbranched alkanes of at least 4 members (excludes halogenated alkanes) is 1. The van der Waals surface area contributed by atoms with Crippen LogP contribution < -0.4 is 0 Å². The summed E-state index contributed by atoms with van der Waals surface area (Å²) in [6.07, 6.45) is 9.67. The number of hydrogen-bond acceptors (Lipinski definition) is 1. The first-order chi connectivity index (χ1) is 7.15.